The Balaban J connectivity index is 1.74. The van der Waals surface area contributed by atoms with Gasteiger partial charge in [-0.1, -0.05) is 92.7 Å². The number of hydrogen-bond acceptors (Lipinski definition) is 4. The number of amides is 2. The summed E-state index contributed by atoms with van der Waals surface area (Å²) in [5.41, 5.74) is 2.70. The molecule has 2 amide bonds. The number of benzene rings is 3. The molecular formula is C32H42N3O4P. The van der Waals surface area contributed by atoms with E-state index in [4.69, 9.17) is 0 Å². The number of carbonyl (C=O) groups is 2. The molecule has 3 aromatic carbocycles. The number of para-hydroxylation sites is 1. The Morgan fingerprint density at radius 3 is 1.93 bits per heavy atom. The van der Waals surface area contributed by atoms with E-state index in [-0.39, 0.29) is 23.9 Å². The van der Waals surface area contributed by atoms with Crippen molar-refractivity contribution >= 4 is 24.9 Å². The predicted octanol–water partition coefficient (Wildman–Crippen LogP) is 5.81. The molecule has 0 spiro atoms. The molecule has 0 aromatic heterocycles. The second-order valence-electron chi connectivity index (χ2n) is 10.7. The highest BCUT2D eigenvalue weighted by Crippen LogP contribution is 2.47. The van der Waals surface area contributed by atoms with Crippen LogP contribution in [0.1, 0.15) is 44.7 Å². The third kappa shape index (κ3) is 10.4. The third-order valence-electron chi connectivity index (χ3n) is 6.91. The lowest BCUT2D eigenvalue weighted by atomic mass is 9.98. The topological polar surface area (TPSA) is 108 Å². The fourth-order valence-electron chi connectivity index (χ4n) is 4.51. The zero-order valence-corrected chi connectivity index (χ0v) is 24.5. The van der Waals surface area contributed by atoms with Gasteiger partial charge in [0.25, 0.3) is 0 Å². The Bertz CT molecular complexity index is 1240. The molecule has 0 aliphatic rings. The lowest BCUT2D eigenvalue weighted by Gasteiger charge is -2.27. The van der Waals surface area contributed by atoms with Gasteiger partial charge in [0.05, 0.1) is 5.78 Å². The van der Waals surface area contributed by atoms with Crippen molar-refractivity contribution in [3.63, 3.8) is 0 Å². The normalized spacial score (nSPS) is 15.0. The van der Waals surface area contributed by atoms with Gasteiger partial charge in [0, 0.05) is 24.3 Å². The summed E-state index contributed by atoms with van der Waals surface area (Å²) in [5.74, 6) is -1.97. The van der Waals surface area contributed by atoms with Crippen LogP contribution in [0.25, 0.3) is 0 Å². The van der Waals surface area contributed by atoms with E-state index in [9.17, 15) is 19.0 Å². The highest BCUT2D eigenvalue weighted by molar-refractivity contribution is 7.58. The second kappa shape index (κ2) is 15.5. The fraction of sp³-hybridized carbons (Fsp3) is 0.375. The van der Waals surface area contributed by atoms with Crippen molar-refractivity contribution in [1.82, 2.24) is 10.6 Å². The van der Waals surface area contributed by atoms with Crippen LogP contribution in [0.4, 0.5) is 5.69 Å². The summed E-state index contributed by atoms with van der Waals surface area (Å²) in [7, 11) is -3.77. The zero-order chi connectivity index (χ0) is 29.0. The highest BCUT2D eigenvalue weighted by Gasteiger charge is 2.35. The lowest BCUT2D eigenvalue weighted by molar-refractivity contribution is -0.129. The fourth-order valence-corrected chi connectivity index (χ4v) is 6.18. The Morgan fingerprint density at radius 1 is 0.800 bits per heavy atom. The average molecular weight is 564 g/mol. The summed E-state index contributed by atoms with van der Waals surface area (Å²) in [4.78, 5) is 37.9. The Hall–Kier alpha value is -3.25. The summed E-state index contributed by atoms with van der Waals surface area (Å²) < 4.78 is 13.5. The molecule has 4 N–H and O–H groups in total. The molecule has 4 atom stereocenters. The van der Waals surface area contributed by atoms with Gasteiger partial charge in [0.2, 0.25) is 19.2 Å². The first-order valence-electron chi connectivity index (χ1n) is 13.9. The van der Waals surface area contributed by atoms with Crippen LogP contribution in [0, 0.1) is 11.8 Å². The number of hydrogen-bond donors (Lipinski definition) is 4. The van der Waals surface area contributed by atoms with Crippen molar-refractivity contribution in [2.45, 2.75) is 58.4 Å². The summed E-state index contributed by atoms with van der Waals surface area (Å²) in [6, 6.07) is 27.8. The number of carbonyl (C=O) groups excluding carboxylic acids is 2. The Morgan fingerprint density at radius 2 is 1.35 bits per heavy atom. The summed E-state index contributed by atoms with van der Waals surface area (Å²) in [6.07, 6.45) is 1.24. The minimum absolute atomic E-state index is 0.153. The smallest absolute Gasteiger partial charge is 0.246 e. The molecule has 7 nitrogen and oxygen atoms in total. The van der Waals surface area contributed by atoms with Crippen LogP contribution in [0.3, 0.4) is 0 Å². The van der Waals surface area contributed by atoms with E-state index in [0.717, 1.165) is 11.1 Å². The molecule has 0 bridgehead atoms. The van der Waals surface area contributed by atoms with E-state index in [1.165, 1.54) is 0 Å². The molecule has 0 saturated heterocycles. The van der Waals surface area contributed by atoms with E-state index >= 15 is 0 Å². The van der Waals surface area contributed by atoms with Crippen LogP contribution in [0.2, 0.25) is 0 Å². The Kier molecular flexibility index (Phi) is 12.1. The SMILES string of the molecule is CC(C)C[C@H](NC(=O)C(CCc1ccccc1)CP(=O)(O)[C@H](C)NCc1ccccc1)C(=O)Nc1ccccc1. The number of rotatable bonds is 15. The minimum Gasteiger partial charge on any atom is -0.344 e. The quantitative estimate of drug-likeness (QED) is 0.175. The molecule has 3 rings (SSSR count). The maximum Gasteiger partial charge on any atom is 0.246 e. The highest BCUT2D eigenvalue weighted by atomic mass is 31.2. The van der Waals surface area contributed by atoms with Crippen LogP contribution < -0.4 is 16.0 Å². The van der Waals surface area contributed by atoms with Crippen LogP contribution >= 0.6 is 7.37 Å². The van der Waals surface area contributed by atoms with Crippen molar-refractivity contribution in [1.29, 1.82) is 0 Å². The summed E-state index contributed by atoms with van der Waals surface area (Å²) in [5, 5.41) is 8.96. The lowest BCUT2D eigenvalue weighted by Crippen LogP contribution is -2.47. The van der Waals surface area contributed by atoms with Gasteiger partial charge in [0.1, 0.15) is 6.04 Å². The van der Waals surface area contributed by atoms with E-state index < -0.39 is 25.1 Å². The van der Waals surface area contributed by atoms with Gasteiger partial charge in [-0.15, -0.1) is 0 Å². The molecule has 0 saturated carbocycles. The molecule has 0 aliphatic heterocycles. The maximum atomic E-state index is 13.6. The van der Waals surface area contributed by atoms with Crippen molar-refractivity contribution in [3.05, 3.63) is 102 Å². The number of anilines is 1. The van der Waals surface area contributed by atoms with E-state index in [2.05, 4.69) is 16.0 Å². The first-order valence-corrected chi connectivity index (χ1v) is 15.8. The van der Waals surface area contributed by atoms with Gasteiger partial charge >= 0.3 is 0 Å². The summed E-state index contributed by atoms with van der Waals surface area (Å²) >= 11 is 0. The average Bonchev–Trinajstić information content (AvgIpc) is 2.94. The minimum atomic E-state index is -3.77. The standard InChI is InChI=1S/C32H42N3O4P/c1-24(2)21-30(32(37)34-29-17-11-6-12-18-29)35-31(36)28(20-19-26-13-7-4-8-14-26)23-40(38,39)25(3)33-22-27-15-9-5-10-16-27/h4-18,24-25,28,30,33H,19-23H2,1-3H3,(H,34,37)(H,35,36)(H,38,39)/t25-,28?,30+/m1/s1. The molecule has 0 heterocycles. The maximum absolute atomic E-state index is 13.6. The van der Waals surface area contributed by atoms with Crippen LogP contribution in [-0.2, 0) is 27.1 Å². The monoisotopic (exact) mass is 563 g/mol. The molecule has 0 fully saturated rings. The first kappa shape index (κ1) is 31.3. The zero-order valence-electron chi connectivity index (χ0n) is 23.6. The molecule has 214 valence electrons. The van der Waals surface area contributed by atoms with Crippen molar-refractivity contribution in [2.24, 2.45) is 11.8 Å². The van der Waals surface area contributed by atoms with Gasteiger partial charge in [0.15, 0.2) is 0 Å². The van der Waals surface area contributed by atoms with Crippen LogP contribution in [0.5, 0.6) is 0 Å². The van der Waals surface area contributed by atoms with Gasteiger partial charge in [-0.05, 0) is 55.4 Å². The Labute approximate surface area is 238 Å². The van der Waals surface area contributed by atoms with Crippen molar-refractivity contribution in [2.75, 3.05) is 11.5 Å². The first-order chi connectivity index (χ1) is 19.1. The second-order valence-corrected chi connectivity index (χ2v) is 13.4. The predicted molar refractivity (Wildman–Crippen MR) is 162 cm³/mol. The van der Waals surface area contributed by atoms with Gasteiger partial charge in [-0.2, -0.15) is 0 Å². The molecule has 0 aliphatic carbocycles. The van der Waals surface area contributed by atoms with Crippen LogP contribution in [0.15, 0.2) is 91.0 Å². The van der Waals surface area contributed by atoms with Crippen LogP contribution in [-0.4, -0.2) is 34.7 Å². The molecule has 8 heteroatoms. The molecule has 2 unspecified atom stereocenters. The molecule has 0 radical (unpaired) electrons. The number of nitrogens with one attached hydrogen (secondary N) is 3. The molecular weight excluding hydrogens is 521 g/mol. The van der Waals surface area contributed by atoms with Crippen molar-refractivity contribution < 1.29 is 19.0 Å². The summed E-state index contributed by atoms with van der Waals surface area (Å²) in [6.45, 7) is 6.11. The third-order valence-corrected chi connectivity index (χ3v) is 9.26. The largest absolute Gasteiger partial charge is 0.344 e. The van der Waals surface area contributed by atoms with Crippen molar-refractivity contribution in [3.8, 4) is 0 Å². The van der Waals surface area contributed by atoms with E-state index in [1.54, 1.807) is 19.1 Å². The van der Waals surface area contributed by atoms with Gasteiger partial charge in [-0.25, -0.2) is 0 Å². The molecule has 40 heavy (non-hydrogen) atoms. The number of aryl methyl sites for hydroxylation is 1. The molecule has 3 aromatic rings. The van der Waals surface area contributed by atoms with Gasteiger partial charge < -0.3 is 20.8 Å². The van der Waals surface area contributed by atoms with E-state index in [1.807, 2.05) is 92.7 Å². The van der Waals surface area contributed by atoms with E-state index in [0.29, 0.717) is 31.5 Å². The van der Waals surface area contributed by atoms with Gasteiger partial charge in [-0.3, -0.25) is 14.2 Å².